The number of allylic oxidation sites excluding steroid dienone is 2. The van der Waals surface area contributed by atoms with E-state index < -0.39 is 43.7 Å². The number of rotatable bonds is 5. The van der Waals surface area contributed by atoms with Crippen LogP contribution in [0.5, 0.6) is 0 Å². The van der Waals surface area contributed by atoms with Gasteiger partial charge >= 0.3 is 0 Å². The van der Waals surface area contributed by atoms with Crippen molar-refractivity contribution in [2.45, 2.75) is 44.3 Å². The second-order valence-corrected chi connectivity index (χ2v) is 11.5. The standard InChI is InChI=1S/C23H30F3N3O3S/c1-22(2,13-32-5)15-8-6-14(7-9-15)20-23(3,12-28-21(27)29(4)33(20,30)31)19-17(25)10-16(24)11-18(19)26/h6,8,10-11,20H,7,9,12-13H2,1-5H3,(H2,27,28)/t20-,23-/m1/s1. The zero-order chi connectivity index (χ0) is 24.8. The number of methoxy groups -OCH3 is 1. The van der Waals surface area contributed by atoms with Crippen molar-refractivity contribution in [2.24, 2.45) is 16.1 Å². The number of ether oxygens (including phenoxy) is 1. The van der Waals surface area contributed by atoms with Crippen molar-refractivity contribution in [3.05, 3.63) is 58.4 Å². The molecule has 0 spiro atoms. The van der Waals surface area contributed by atoms with E-state index in [1.165, 1.54) is 14.0 Å². The van der Waals surface area contributed by atoms with E-state index in [1.54, 1.807) is 13.2 Å². The molecule has 0 saturated heterocycles. The molecule has 0 bridgehead atoms. The summed E-state index contributed by atoms with van der Waals surface area (Å²) in [6.07, 6.45) is 4.46. The van der Waals surface area contributed by atoms with Gasteiger partial charge in [0.15, 0.2) is 0 Å². The Morgan fingerprint density at radius 2 is 1.82 bits per heavy atom. The van der Waals surface area contributed by atoms with Gasteiger partial charge < -0.3 is 10.5 Å². The van der Waals surface area contributed by atoms with E-state index in [2.05, 4.69) is 4.99 Å². The first-order valence-corrected chi connectivity index (χ1v) is 12.1. The van der Waals surface area contributed by atoms with Crippen LogP contribution in [0.4, 0.5) is 13.2 Å². The molecule has 182 valence electrons. The molecule has 33 heavy (non-hydrogen) atoms. The second kappa shape index (κ2) is 8.79. The third-order valence-electron chi connectivity index (χ3n) is 6.62. The van der Waals surface area contributed by atoms with Gasteiger partial charge in [0, 0.05) is 42.7 Å². The summed E-state index contributed by atoms with van der Waals surface area (Å²) < 4.78 is 77.0. The summed E-state index contributed by atoms with van der Waals surface area (Å²) >= 11 is 0. The van der Waals surface area contributed by atoms with E-state index in [-0.39, 0.29) is 17.9 Å². The molecule has 0 unspecified atom stereocenters. The fourth-order valence-corrected chi connectivity index (χ4v) is 6.90. The Morgan fingerprint density at radius 3 is 2.33 bits per heavy atom. The van der Waals surface area contributed by atoms with Crippen LogP contribution in [0.3, 0.4) is 0 Å². The Kier molecular flexibility index (Phi) is 6.74. The van der Waals surface area contributed by atoms with Crippen molar-refractivity contribution < 1.29 is 26.3 Å². The highest BCUT2D eigenvalue weighted by atomic mass is 32.2. The summed E-state index contributed by atoms with van der Waals surface area (Å²) in [4.78, 5) is 4.11. The van der Waals surface area contributed by atoms with Gasteiger partial charge in [-0.3, -0.25) is 4.99 Å². The molecule has 3 rings (SSSR count). The third kappa shape index (κ3) is 4.42. The molecule has 6 nitrogen and oxygen atoms in total. The van der Waals surface area contributed by atoms with Gasteiger partial charge in [0.25, 0.3) is 0 Å². The van der Waals surface area contributed by atoms with E-state index in [1.807, 2.05) is 19.9 Å². The number of benzene rings is 1. The Hall–Kier alpha value is -2.33. The van der Waals surface area contributed by atoms with E-state index in [9.17, 15) is 21.6 Å². The van der Waals surface area contributed by atoms with Crippen LogP contribution in [0.2, 0.25) is 0 Å². The predicted molar refractivity (Wildman–Crippen MR) is 122 cm³/mol. The number of hydrogen-bond acceptors (Lipinski definition) is 5. The summed E-state index contributed by atoms with van der Waals surface area (Å²) in [7, 11) is -1.35. The minimum absolute atomic E-state index is 0.262. The molecule has 1 aromatic carbocycles. The van der Waals surface area contributed by atoms with Crippen LogP contribution >= 0.6 is 0 Å². The highest BCUT2D eigenvalue weighted by Crippen LogP contribution is 2.45. The Bertz CT molecular complexity index is 1120. The minimum Gasteiger partial charge on any atom is -0.384 e. The lowest BCUT2D eigenvalue weighted by molar-refractivity contribution is 0.124. The smallest absolute Gasteiger partial charge is 0.244 e. The molecule has 2 atom stereocenters. The highest BCUT2D eigenvalue weighted by molar-refractivity contribution is 7.90. The van der Waals surface area contributed by atoms with Gasteiger partial charge in [-0.05, 0) is 18.4 Å². The summed E-state index contributed by atoms with van der Waals surface area (Å²) in [5.74, 6) is -3.69. The van der Waals surface area contributed by atoms with Gasteiger partial charge in [-0.1, -0.05) is 38.5 Å². The van der Waals surface area contributed by atoms with Gasteiger partial charge in [-0.25, -0.2) is 25.9 Å². The van der Waals surface area contributed by atoms with Crippen molar-refractivity contribution in [1.82, 2.24) is 4.31 Å². The van der Waals surface area contributed by atoms with Crippen molar-refractivity contribution >= 4 is 16.0 Å². The molecule has 1 aliphatic heterocycles. The van der Waals surface area contributed by atoms with Crippen LogP contribution in [0.15, 0.2) is 40.4 Å². The minimum atomic E-state index is -4.22. The molecule has 1 heterocycles. The molecule has 0 radical (unpaired) electrons. The number of halogens is 3. The fraction of sp³-hybridized carbons (Fsp3) is 0.522. The molecule has 10 heteroatoms. The van der Waals surface area contributed by atoms with Gasteiger partial charge in [0.2, 0.25) is 16.0 Å². The van der Waals surface area contributed by atoms with Gasteiger partial charge in [0.1, 0.15) is 22.7 Å². The van der Waals surface area contributed by atoms with Gasteiger partial charge in [-0.2, -0.15) is 0 Å². The lowest BCUT2D eigenvalue weighted by atomic mass is 9.72. The molecular formula is C23H30F3N3O3S. The lowest BCUT2D eigenvalue weighted by Crippen LogP contribution is -2.51. The molecular weight excluding hydrogens is 455 g/mol. The largest absolute Gasteiger partial charge is 0.384 e. The Balaban J connectivity index is 2.23. The molecule has 0 saturated carbocycles. The molecule has 0 aromatic heterocycles. The van der Waals surface area contributed by atoms with E-state index >= 15 is 0 Å². The summed E-state index contributed by atoms with van der Waals surface area (Å²) in [6, 6.07) is 1.10. The van der Waals surface area contributed by atoms with E-state index in [4.69, 9.17) is 10.5 Å². The van der Waals surface area contributed by atoms with Crippen LogP contribution in [0.1, 0.15) is 39.2 Å². The van der Waals surface area contributed by atoms with E-state index in [0.717, 1.165) is 9.88 Å². The number of sulfonamides is 1. The number of hydrogen-bond donors (Lipinski definition) is 1. The lowest BCUT2D eigenvalue weighted by Gasteiger charge is -2.39. The average Bonchev–Trinajstić information content (AvgIpc) is 2.76. The summed E-state index contributed by atoms with van der Waals surface area (Å²) in [5.41, 5.74) is 4.95. The molecule has 1 aliphatic carbocycles. The molecule has 2 aliphatic rings. The maximum Gasteiger partial charge on any atom is 0.244 e. The summed E-state index contributed by atoms with van der Waals surface area (Å²) in [6.45, 7) is 5.67. The van der Waals surface area contributed by atoms with Crippen LogP contribution in [0.25, 0.3) is 0 Å². The highest BCUT2D eigenvalue weighted by Gasteiger charge is 2.52. The Morgan fingerprint density at radius 1 is 1.21 bits per heavy atom. The molecule has 2 N–H and O–H groups in total. The summed E-state index contributed by atoms with van der Waals surface area (Å²) in [5, 5.41) is -1.36. The van der Waals surface area contributed by atoms with Crippen LogP contribution in [0, 0.1) is 22.9 Å². The van der Waals surface area contributed by atoms with Crippen molar-refractivity contribution in [2.75, 3.05) is 27.3 Å². The molecule has 0 fully saturated rings. The number of nitrogens with zero attached hydrogens (tertiary/aromatic N) is 2. The van der Waals surface area contributed by atoms with Crippen molar-refractivity contribution in [1.29, 1.82) is 0 Å². The first-order chi connectivity index (χ1) is 15.3. The molecule has 1 aromatic rings. The first-order valence-electron chi connectivity index (χ1n) is 10.6. The van der Waals surface area contributed by atoms with Crippen LogP contribution in [-0.4, -0.2) is 51.2 Å². The van der Waals surface area contributed by atoms with Gasteiger partial charge in [-0.15, -0.1) is 0 Å². The number of guanidine groups is 1. The van der Waals surface area contributed by atoms with E-state index in [0.29, 0.717) is 37.2 Å². The normalized spacial score (nSPS) is 25.8. The van der Waals surface area contributed by atoms with Crippen molar-refractivity contribution in [3.8, 4) is 0 Å². The zero-order valence-corrected chi connectivity index (χ0v) is 20.3. The fourth-order valence-electron chi connectivity index (χ4n) is 4.83. The predicted octanol–water partition coefficient (Wildman–Crippen LogP) is 3.64. The maximum atomic E-state index is 15.0. The number of aliphatic imine (C=N–C) groups is 1. The van der Waals surface area contributed by atoms with Crippen LogP contribution in [-0.2, 0) is 20.2 Å². The quantitative estimate of drug-likeness (QED) is 0.690. The van der Waals surface area contributed by atoms with Crippen molar-refractivity contribution in [3.63, 3.8) is 0 Å². The van der Waals surface area contributed by atoms with Gasteiger partial charge in [0.05, 0.1) is 13.2 Å². The third-order valence-corrected chi connectivity index (χ3v) is 8.99. The Labute approximate surface area is 193 Å². The monoisotopic (exact) mass is 485 g/mol. The number of nitrogens with two attached hydrogens (primary N) is 1. The SMILES string of the molecule is COCC(C)(C)C1=CC=C([C@@H]2[C@@](C)(c3c(F)cc(F)cc3F)CN=C(N)N(C)S2(=O)=O)CC1. The maximum absolute atomic E-state index is 15.0. The molecule has 0 amide bonds. The van der Waals surface area contributed by atoms with Crippen LogP contribution < -0.4 is 5.73 Å². The average molecular weight is 486 g/mol. The first kappa shape index (κ1) is 25.3. The zero-order valence-electron chi connectivity index (χ0n) is 19.5. The second-order valence-electron chi connectivity index (χ2n) is 9.48. The topological polar surface area (TPSA) is 85.0 Å².